The van der Waals surface area contributed by atoms with E-state index in [0.29, 0.717) is 22.1 Å². The number of hydrogen-bond acceptors (Lipinski definition) is 8. The van der Waals surface area contributed by atoms with E-state index in [1.54, 1.807) is 32.4 Å². The van der Waals surface area contributed by atoms with Gasteiger partial charge < -0.3 is 30.4 Å². The number of nitrogens with two attached hydrogens (primary N) is 1. The molecule has 0 radical (unpaired) electrons. The minimum absolute atomic E-state index is 0. The number of benzene rings is 1. The lowest BCUT2D eigenvalue weighted by atomic mass is 9.72. The highest BCUT2D eigenvalue weighted by atomic mass is 35.5. The molecular formula is C25H31Cl2N5O4S. The van der Waals surface area contributed by atoms with Crippen molar-refractivity contribution in [3.63, 3.8) is 0 Å². The molecule has 5 rings (SSSR count). The van der Waals surface area contributed by atoms with Crippen molar-refractivity contribution in [3.8, 4) is 0 Å². The number of carbonyl (C=O) groups is 2. The van der Waals surface area contributed by atoms with Crippen LogP contribution in [0.2, 0.25) is 5.02 Å². The Morgan fingerprint density at radius 3 is 2.76 bits per heavy atom. The molecule has 4 N–H and O–H groups in total. The van der Waals surface area contributed by atoms with Crippen LogP contribution in [0.15, 0.2) is 24.3 Å². The van der Waals surface area contributed by atoms with Gasteiger partial charge in [0.2, 0.25) is 5.78 Å². The number of thiazole rings is 1. The average molecular weight is 569 g/mol. The van der Waals surface area contributed by atoms with Gasteiger partial charge in [-0.05, 0) is 37.7 Å². The summed E-state index contributed by atoms with van der Waals surface area (Å²) < 4.78 is 11.3. The lowest BCUT2D eigenvalue weighted by molar-refractivity contribution is -0.0785. The van der Waals surface area contributed by atoms with E-state index >= 15 is 0 Å². The molecule has 12 heteroatoms. The SMILES string of the molecule is COC1CC(NC(=O)c2nc3c(s2)CN(C)CC3)C(N)(C(=O)c2cc3cc(Cl)ccc3[nH]2)CC1OC.Cl. The number of H-pyrrole nitrogens is 1. The second kappa shape index (κ2) is 11.0. The number of aromatic nitrogens is 2. The van der Waals surface area contributed by atoms with Gasteiger partial charge in [-0.1, -0.05) is 11.6 Å². The van der Waals surface area contributed by atoms with E-state index in [1.807, 2.05) is 13.1 Å². The summed E-state index contributed by atoms with van der Waals surface area (Å²) in [4.78, 5) is 38.3. The van der Waals surface area contributed by atoms with Crippen molar-refractivity contribution in [1.82, 2.24) is 20.2 Å². The summed E-state index contributed by atoms with van der Waals surface area (Å²) in [7, 11) is 5.21. The van der Waals surface area contributed by atoms with Crippen LogP contribution >= 0.6 is 35.3 Å². The van der Waals surface area contributed by atoms with Crippen LogP contribution in [-0.2, 0) is 22.4 Å². The van der Waals surface area contributed by atoms with Gasteiger partial charge in [-0.15, -0.1) is 23.7 Å². The molecule has 3 heterocycles. The molecular weight excluding hydrogens is 537 g/mol. The van der Waals surface area contributed by atoms with Gasteiger partial charge >= 0.3 is 0 Å². The first-order valence-corrected chi connectivity index (χ1v) is 13.1. The minimum Gasteiger partial charge on any atom is -0.379 e. The first-order valence-electron chi connectivity index (χ1n) is 11.9. The molecule has 9 nitrogen and oxygen atoms in total. The monoisotopic (exact) mass is 567 g/mol. The fourth-order valence-corrected chi connectivity index (χ4v) is 6.51. The van der Waals surface area contributed by atoms with Gasteiger partial charge in [0.15, 0.2) is 5.01 Å². The van der Waals surface area contributed by atoms with E-state index in [2.05, 4.69) is 20.2 Å². The molecule has 4 unspecified atom stereocenters. The summed E-state index contributed by atoms with van der Waals surface area (Å²) in [5.41, 5.74) is 7.56. The van der Waals surface area contributed by atoms with Crippen molar-refractivity contribution < 1.29 is 19.1 Å². The number of amides is 1. The normalized spacial score (nSPS) is 25.9. The molecule has 1 fully saturated rings. The standard InChI is InChI=1S/C25H30ClN5O4S.ClH/c1-31-7-6-16-20(12-31)36-24(29-16)23(33)30-21-10-18(34-2)19(35-3)11-25(21,27)22(32)17-9-13-8-14(26)4-5-15(13)28-17;/h4-5,8-9,18-19,21,28H,6-7,10-12,27H2,1-3H3,(H,30,33);1H. The van der Waals surface area contributed by atoms with Gasteiger partial charge in [-0.2, -0.15) is 0 Å². The Bertz CT molecular complexity index is 1310. The second-order valence-electron chi connectivity index (χ2n) is 9.67. The molecule has 200 valence electrons. The Hall–Kier alpha value is -2.05. The summed E-state index contributed by atoms with van der Waals surface area (Å²) in [5.74, 6) is -0.643. The Morgan fingerprint density at radius 2 is 2.03 bits per heavy atom. The fourth-order valence-electron chi connectivity index (χ4n) is 5.24. The molecule has 2 aliphatic rings. The molecule has 4 atom stereocenters. The molecule has 2 aromatic heterocycles. The van der Waals surface area contributed by atoms with Crippen LogP contribution in [0.25, 0.3) is 10.9 Å². The zero-order chi connectivity index (χ0) is 25.6. The summed E-state index contributed by atoms with van der Waals surface area (Å²) in [6.45, 7) is 1.68. The van der Waals surface area contributed by atoms with Crippen LogP contribution < -0.4 is 11.1 Å². The van der Waals surface area contributed by atoms with E-state index in [9.17, 15) is 9.59 Å². The third kappa shape index (κ3) is 5.29. The van der Waals surface area contributed by atoms with E-state index in [1.165, 1.54) is 11.3 Å². The van der Waals surface area contributed by atoms with Crippen LogP contribution in [0.4, 0.5) is 0 Å². The highest BCUT2D eigenvalue weighted by Gasteiger charge is 2.52. The smallest absolute Gasteiger partial charge is 0.280 e. The summed E-state index contributed by atoms with van der Waals surface area (Å²) in [6, 6.07) is 6.41. The third-order valence-electron chi connectivity index (χ3n) is 7.32. The van der Waals surface area contributed by atoms with E-state index in [4.69, 9.17) is 26.8 Å². The number of ether oxygens (including phenoxy) is 2. The average Bonchev–Trinajstić information content (AvgIpc) is 3.48. The summed E-state index contributed by atoms with van der Waals surface area (Å²) >= 11 is 7.52. The number of nitrogens with zero attached hydrogens (tertiary/aromatic N) is 2. The van der Waals surface area contributed by atoms with Crippen molar-refractivity contribution in [3.05, 3.63) is 50.6 Å². The number of halogens is 2. The number of rotatable bonds is 6. The molecule has 1 saturated carbocycles. The second-order valence-corrected chi connectivity index (χ2v) is 11.2. The number of likely N-dealkylation sites (N-methyl/N-ethyl adjacent to an activating group) is 1. The van der Waals surface area contributed by atoms with Crippen molar-refractivity contribution >= 4 is 57.9 Å². The van der Waals surface area contributed by atoms with E-state index in [-0.39, 0.29) is 36.6 Å². The maximum Gasteiger partial charge on any atom is 0.280 e. The number of Topliss-reactive ketones (excluding diaryl/α,β-unsaturated/α-hetero) is 1. The molecule has 0 saturated heterocycles. The van der Waals surface area contributed by atoms with Crippen LogP contribution in [0.1, 0.15) is 43.7 Å². The van der Waals surface area contributed by atoms with Crippen molar-refractivity contribution in [2.45, 2.75) is 49.6 Å². The lowest BCUT2D eigenvalue weighted by Gasteiger charge is -2.45. The number of carbonyl (C=O) groups excluding carboxylic acids is 2. The third-order valence-corrected chi connectivity index (χ3v) is 8.64. The molecule has 0 bridgehead atoms. The first-order chi connectivity index (χ1) is 17.2. The molecule has 37 heavy (non-hydrogen) atoms. The molecule has 1 aliphatic heterocycles. The predicted octanol–water partition coefficient (Wildman–Crippen LogP) is 3.19. The number of nitrogens with one attached hydrogen (secondary N) is 2. The molecule has 1 aliphatic carbocycles. The number of ketones is 1. The van der Waals surface area contributed by atoms with E-state index < -0.39 is 17.7 Å². The minimum atomic E-state index is -1.42. The number of aromatic amines is 1. The van der Waals surface area contributed by atoms with Crippen LogP contribution in [0.5, 0.6) is 0 Å². The summed E-state index contributed by atoms with van der Waals surface area (Å²) in [6.07, 6.45) is 0.580. The van der Waals surface area contributed by atoms with E-state index in [0.717, 1.165) is 41.0 Å². The van der Waals surface area contributed by atoms with Gasteiger partial charge in [0.05, 0.1) is 29.6 Å². The largest absolute Gasteiger partial charge is 0.379 e. The Balaban J connectivity index is 0.00000320. The number of hydrogen-bond donors (Lipinski definition) is 3. The zero-order valence-electron chi connectivity index (χ0n) is 20.9. The van der Waals surface area contributed by atoms with Crippen LogP contribution in [0, 0.1) is 0 Å². The maximum atomic E-state index is 13.9. The number of fused-ring (bicyclic) bond motifs is 2. The predicted molar refractivity (Wildman–Crippen MR) is 146 cm³/mol. The molecule has 1 aromatic carbocycles. The van der Waals surface area contributed by atoms with Gasteiger partial charge in [-0.25, -0.2) is 4.98 Å². The topological polar surface area (TPSA) is 123 Å². The Kier molecular flexibility index (Phi) is 8.30. The van der Waals surface area contributed by atoms with Gasteiger partial charge in [0.1, 0.15) is 5.54 Å². The maximum absolute atomic E-state index is 13.9. The van der Waals surface area contributed by atoms with Crippen LogP contribution in [0.3, 0.4) is 0 Å². The zero-order valence-corrected chi connectivity index (χ0v) is 23.3. The Morgan fingerprint density at radius 1 is 1.27 bits per heavy atom. The van der Waals surface area contributed by atoms with Crippen LogP contribution in [-0.4, -0.2) is 78.2 Å². The molecule has 3 aromatic rings. The quantitative estimate of drug-likeness (QED) is 0.391. The highest BCUT2D eigenvalue weighted by molar-refractivity contribution is 7.13. The van der Waals surface area contributed by atoms with Gasteiger partial charge in [-0.3, -0.25) is 9.59 Å². The fraction of sp³-hybridized carbons (Fsp3) is 0.480. The first kappa shape index (κ1) is 28.0. The van der Waals surface area contributed by atoms with Crippen molar-refractivity contribution in [2.24, 2.45) is 5.73 Å². The highest BCUT2D eigenvalue weighted by Crippen LogP contribution is 2.34. The Labute approximate surface area is 230 Å². The van der Waals surface area contributed by atoms with Gasteiger partial charge in [0.25, 0.3) is 5.91 Å². The summed E-state index contributed by atoms with van der Waals surface area (Å²) in [5, 5.41) is 4.79. The lowest BCUT2D eigenvalue weighted by Crippen LogP contribution is -2.69. The number of methoxy groups -OCH3 is 2. The molecule has 0 spiro atoms. The van der Waals surface area contributed by atoms with Gasteiger partial charge in [0, 0.05) is 61.0 Å². The molecule has 1 amide bonds. The van der Waals surface area contributed by atoms with Crippen molar-refractivity contribution in [2.75, 3.05) is 27.8 Å². The van der Waals surface area contributed by atoms with Crippen molar-refractivity contribution in [1.29, 1.82) is 0 Å².